The molecule has 1 aliphatic rings. The van der Waals surface area contributed by atoms with Crippen LogP contribution in [-0.4, -0.2) is 41.3 Å². The zero-order valence-corrected chi connectivity index (χ0v) is 16.4. The van der Waals surface area contributed by atoms with E-state index in [0.29, 0.717) is 6.42 Å². The molecular weight excluding hydrogens is 322 g/mol. The van der Waals surface area contributed by atoms with Crippen molar-refractivity contribution in [3.63, 3.8) is 0 Å². The number of hydrogen-bond acceptors (Lipinski definition) is 3. The Kier molecular flexibility index (Phi) is 5.52. The van der Waals surface area contributed by atoms with Crippen LogP contribution in [0, 0.1) is 0 Å². The van der Waals surface area contributed by atoms with Crippen molar-refractivity contribution in [2.75, 3.05) is 13.6 Å². The molecule has 1 saturated heterocycles. The lowest BCUT2D eigenvalue weighted by Gasteiger charge is -2.37. The molecule has 3 nitrogen and oxygen atoms in total. The standard InChI is InChI=1S/C23H31NO2/c1-22(2,3)26-21-15-16-24(4)20(21)17-23(25,18-11-7-5-8-12-18)19-13-9-6-10-14-19/h5-14,20-21,25H,15-17H2,1-4H3/t20-,21+/m1/s1. The molecule has 0 spiro atoms. The van der Waals surface area contributed by atoms with Crippen LogP contribution < -0.4 is 0 Å². The van der Waals surface area contributed by atoms with Gasteiger partial charge in [-0.2, -0.15) is 0 Å². The number of aliphatic hydroxyl groups is 1. The first-order chi connectivity index (χ1) is 12.3. The van der Waals surface area contributed by atoms with E-state index in [0.717, 1.165) is 24.1 Å². The van der Waals surface area contributed by atoms with E-state index in [4.69, 9.17) is 4.74 Å². The van der Waals surface area contributed by atoms with Crippen molar-refractivity contribution in [3.8, 4) is 0 Å². The number of benzene rings is 2. The first-order valence-electron chi connectivity index (χ1n) is 9.51. The van der Waals surface area contributed by atoms with E-state index in [1.807, 2.05) is 60.7 Å². The van der Waals surface area contributed by atoms with Gasteiger partial charge >= 0.3 is 0 Å². The van der Waals surface area contributed by atoms with Gasteiger partial charge in [0, 0.05) is 19.0 Å². The number of rotatable bonds is 5. The predicted octanol–water partition coefficient (Wildman–Crippen LogP) is 4.20. The fourth-order valence-corrected chi connectivity index (χ4v) is 3.98. The molecular formula is C23H31NO2. The minimum atomic E-state index is -1.04. The van der Waals surface area contributed by atoms with Crippen LogP contribution in [0.1, 0.15) is 44.7 Å². The largest absolute Gasteiger partial charge is 0.380 e. The highest BCUT2D eigenvalue weighted by molar-refractivity contribution is 5.36. The van der Waals surface area contributed by atoms with Crippen LogP contribution >= 0.6 is 0 Å². The van der Waals surface area contributed by atoms with E-state index < -0.39 is 5.60 Å². The second-order valence-electron chi connectivity index (χ2n) is 8.40. The Morgan fingerprint density at radius 2 is 1.46 bits per heavy atom. The molecule has 3 rings (SSSR count). The van der Waals surface area contributed by atoms with Crippen molar-refractivity contribution >= 4 is 0 Å². The van der Waals surface area contributed by atoms with Crippen molar-refractivity contribution in [1.82, 2.24) is 4.90 Å². The molecule has 0 aliphatic carbocycles. The summed E-state index contributed by atoms with van der Waals surface area (Å²) < 4.78 is 6.35. The number of ether oxygens (including phenoxy) is 1. The summed E-state index contributed by atoms with van der Waals surface area (Å²) in [7, 11) is 2.13. The van der Waals surface area contributed by atoms with Gasteiger partial charge in [-0.05, 0) is 45.4 Å². The molecule has 26 heavy (non-hydrogen) atoms. The Hall–Kier alpha value is -1.68. The minimum Gasteiger partial charge on any atom is -0.380 e. The number of likely N-dealkylation sites (N-methyl/N-ethyl adjacent to an activating group) is 1. The summed E-state index contributed by atoms with van der Waals surface area (Å²) in [6.07, 6.45) is 1.73. The normalized spacial score (nSPS) is 21.9. The van der Waals surface area contributed by atoms with Gasteiger partial charge in [0.2, 0.25) is 0 Å². The second-order valence-corrected chi connectivity index (χ2v) is 8.40. The quantitative estimate of drug-likeness (QED) is 0.874. The van der Waals surface area contributed by atoms with Crippen LogP contribution in [0.3, 0.4) is 0 Å². The molecule has 1 fully saturated rings. The highest BCUT2D eigenvalue weighted by atomic mass is 16.5. The van der Waals surface area contributed by atoms with E-state index in [1.165, 1.54) is 0 Å². The van der Waals surface area contributed by atoms with Gasteiger partial charge < -0.3 is 14.7 Å². The van der Waals surface area contributed by atoms with Gasteiger partial charge in [-0.25, -0.2) is 0 Å². The summed E-state index contributed by atoms with van der Waals surface area (Å²) in [5.74, 6) is 0. The van der Waals surface area contributed by atoms with Gasteiger partial charge in [-0.3, -0.25) is 0 Å². The second kappa shape index (κ2) is 7.51. The Morgan fingerprint density at radius 1 is 0.962 bits per heavy atom. The van der Waals surface area contributed by atoms with Gasteiger partial charge in [0.25, 0.3) is 0 Å². The smallest absolute Gasteiger partial charge is 0.116 e. The van der Waals surface area contributed by atoms with Crippen LogP contribution in [0.15, 0.2) is 60.7 Å². The van der Waals surface area contributed by atoms with E-state index in [-0.39, 0.29) is 17.7 Å². The Morgan fingerprint density at radius 3 is 1.92 bits per heavy atom. The minimum absolute atomic E-state index is 0.124. The predicted molar refractivity (Wildman–Crippen MR) is 106 cm³/mol. The van der Waals surface area contributed by atoms with Crippen molar-refractivity contribution in [3.05, 3.63) is 71.8 Å². The molecule has 0 saturated carbocycles. The molecule has 2 aromatic rings. The zero-order chi connectivity index (χ0) is 18.8. The third kappa shape index (κ3) is 4.17. The van der Waals surface area contributed by atoms with Crippen molar-refractivity contribution in [2.45, 2.75) is 57.0 Å². The molecule has 1 heterocycles. The molecule has 2 aromatic carbocycles. The summed E-state index contributed by atoms with van der Waals surface area (Å²) in [6, 6.07) is 20.2. The van der Waals surface area contributed by atoms with Gasteiger partial charge in [-0.15, -0.1) is 0 Å². The molecule has 1 aliphatic heterocycles. The molecule has 0 radical (unpaired) electrons. The third-order valence-corrected chi connectivity index (χ3v) is 5.27. The van der Waals surface area contributed by atoms with Gasteiger partial charge in [-0.1, -0.05) is 60.7 Å². The molecule has 3 heteroatoms. The van der Waals surface area contributed by atoms with Crippen molar-refractivity contribution in [2.24, 2.45) is 0 Å². The highest BCUT2D eigenvalue weighted by Gasteiger charge is 2.42. The maximum Gasteiger partial charge on any atom is 0.116 e. The van der Waals surface area contributed by atoms with Crippen molar-refractivity contribution in [1.29, 1.82) is 0 Å². The van der Waals surface area contributed by atoms with E-state index in [9.17, 15) is 5.11 Å². The summed E-state index contributed by atoms with van der Waals surface area (Å²) in [5.41, 5.74) is 0.638. The third-order valence-electron chi connectivity index (χ3n) is 5.27. The first-order valence-corrected chi connectivity index (χ1v) is 9.51. The average molecular weight is 354 g/mol. The maximum absolute atomic E-state index is 11.9. The van der Waals surface area contributed by atoms with Crippen LogP contribution in [-0.2, 0) is 10.3 Å². The molecule has 0 unspecified atom stereocenters. The van der Waals surface area contributed by atoms with E-state index >= 15 is 0 Å². The van der Waals surface area contributed by atoms with Crippen LogP contribution in [0.25, 0.3) is 0 Å². The lowest BCUT2D eigenvalue weighted by atomic mass is 9.80. The Labute approximate surface area is 157 Å². The Balaban J connectivity index is 1.95. The van der Waals surface area contributed by atoms with Crippen LogP contribution in [0.4, 0.5) is 0 Å². The number of likely N-dealkylation sites (tertiary alicyclic amines) is 1. The SMILES string of the molecule is CN1CC[C@H](OC(C)(C)C)[C@H]1CC(O)(c1ccccc1)c1ccccc1. The van der Waals surface area contributed by atoms with Gasteiger partial charge in [0.05, 0.1) is 11.7 Å². The fourth-order valence-electron chi connectivity index (χ4n) is 3.98. The molecule has 1 N–H and O–H groups in total. The molecule has 0 aromatic heterocycles. The van der Waals surface area contributed by atoms with Crippen molar-refractivity contribution < 1.29 is 9.84 Å². The number of hydrogen-bond donors (Lipinski definition) is 1. The monoisotopic (exact) mass is 353 g/mol. The maximum atomic E-state index is 11.9. The summed E-state index contributed by atoms with van der Waals surface area (Å²) in [6.45, 7) is 7.29. The van der Waals surface area contributed by atoms with E-state index in [1.54, 1.807) is 0 Å². The van der Waals surface area contributed by atoms with E-state index in [2.05, 4.69) is 32.7 Å². The van der Waals surface area contributed by atoms with Gasteiger partial charge in [0.1, 0.15) is 5.60 Å². The van der Waals surface area contributed by atoms with Crippen LogP contribution in [0.5, 0.6) is 0 Å². The average Bonchev–Trinajstić information content (AvgIpc) is 2.94. The van der Waals surface area contributed by atoms with Crippen LogP contribution in [0.2, 0.25) is 0 Å². The molecule has 2 atom stereocenters. The first kappa shape index (κ1) is 19.1. The Bertz CT molecular complexity index is 654. The fraction of sp³-hybridized carbons (Fsp3) is 0.478. The van der Waals surface area contributed by atoms with Gasteiger partial charge in [0.15, 0.2) is 0 Å². The molecule has 0 amide bonds. The number of nitrogens with zero attached hydrogens (tertiary/aromatic N) is 1. The summed E-state index contributed by atoms with van der Waals surface area (Å²) in [4.78, 5) is 2.33. The molecule has 140 valence electrons. The molecule has 0 bridgehead atoms. The topological polar surface area (TPSA) is 32.7 Å². The highest BCUT2D eigenvalue weighted by Crippen LogP contribution is 2.38. The summed E-state index contributed by atoms with van der Waals surface area (Å²) >= 11 is 0. The lowest BCUT2D eigenvalue weighted by molar-refractivity contribution is -0.0831. The summed E-state index contributed by atoms with van der Waals surface area (Å²) in [5, 5.41) is 11.9. The lowest BCUT2D eigenvalue weighted by Crippen LogP contribution is -2.44. The zero-order valence-electron chi connectivity index (χ0n) is 16.4.